The van der Waals surface area contributed by atoms with Crippen LogP contribution in [0.1, 0.15) is 11.4 Å². The number of nitrogens with zero attached hydrogens (tertiary/aromatic N) is 6. The topological polar surface area (TPSA) is 59.3 Å². The molecular formula is C20H24N6O. The van der Waals surface area contributed by atoms with Crippen molar-refractivity contribution in [3.05, 3.63) is 54.1 Å². The molecule has 3 heterocycles. The van der Waals surface area contributed by atoms with Gasteiger partial charge in [-0.1, -0.05) is 12.1 Å². The Morgan fingerprint density at radius 1 is 0.889 bits per heavy atom. The molecule has 1 aromatic carbocycles. The van der Waals surface area contributed by atoms with E-state index in [0.29, 0.717) is 0 Å². The standard InChI is InChI=1S/C20H24N6O/c1-15-12-16(2)26(23-15)20-13-19(21-14-22-20)25-10-8-24(9-11-25)17-6-4-5-7-18(17)27-3/h4-7,12-14H,8-11H2,1-3H3. The first kappa shape index (κ1) is 17.3. The maximum absolute atomic E-state index is 5.50. The summed E-state index contributed by atoms with van der Waals surface area (Å²) >= 11 is 0. The van der Waals surface area contributed by atoms with E-state index in [1.54, 1.807) is 13.4 Å². The molecule has 7 nitrogen and oxygen atoms in total. The minimum Gasteiger partial charge on any atom is -0.495 e. The number of benzene rings is 1. The number of aryl methyl sites for hydroxylation is 2. The molecule has 1 fully saturated rings. The molecule has 4 rings (SSSR count). The van der Waals surface area contributed by atoms with Crippen molar-refractivity contribution >= 4 is 11.5 Å². The van der Waals surface area contributed by atoms with Gasteiger partial charge in [-0.05, 0) is 32.0 Å². The summed E-state index contributed by atoms with van der Waals surface area (Å²) in [5.41, 5.74) is 3.20. The summed E-state index contributed by atoms with van der Waals surface area (Å²) < 4.78 is 7.37. The van der Waals surface area contributed by atoms with Crippen LogP contribution in [0.2, 0.25) is 0 Å². The number of hydrogen-bond donors (Lipinski definition) is 0. The summed E-state index contributed by atoms with van der Waals surface area (Å²) in [6.45, 7) is 7.65. The molecule has 0 unspecified atom stereocenters. The van der Waals surface area contributed by atoms with Gasteiger partial charge < -0.3 is 14.5 Å². The Morgan fingerprint density at radius 2 is 1.59 bits per heavy atom. The molecule has 0 saturated carbocycles. The van der Waals surface area contributed by atoms with Crippen molar-refractivity contribution in [2.75, 3.05) is 43.1 Å². The van der Waals surface area contributed by atoms with Crippen LogP contribution in [0.15, 0.2) is 42.7 Å². The van der Waals surface area contributed by atoms with Crippen LogP contribution >= 0.6 is 0 Å². The molecule has 1 saturated heterocycles. The Hall–Kier alpha value is -3.09. The van der Waals surface area contributed by atoms with Gasteiger partial charge in [-0.15, -0.1) is 0 Å². The molecule has 140 valence electrons. The van der Waals surface area contributed by atoms with E-state index in [-0.39, 0.29) is 0 Å². The average molecular weight is 364 g/mol. The van der Waals surface area contributed by atoms with Gasteiger partial charge in [0.25, 0.3) is 0 Å². The zero-order chi connectivity index (χ0) is 18.8. The number of aromatic nitrogens is 4. The summed E-state index contributed by atoms with van der Waals surface area (Å²) in [6, 6.07) is 12.2. The molecule has 2 aromatic heterocycles. The fourth-order valence-electron chi connectivity index (χ4n) is 3.55. The van der Waals surface area contributed by atoms with Crippen molar-refractivity contribution in [3.8, 4) is 11.6 Å². The molecule has 0 spiro atoms. The van der Waals surface area contributed by atoms with E-state index in [9.17, 15) is 0 Å². The first-order valence-corrected chi connectivity index (χ1v) is 9.14. The van der Waals surface area contributed by atoms with Gasteiger partial charge in [0.05, 0.1) is 18.5 Å². The molecule has 1 aliphatic heterocycles. The van der Waals surface area contributed by atoms with Gasteiger partial charge >= 0.3 is 0 Å². The quantitative estimate of drug-likeness (QED) is 0.709. The molecule has 0 aliphatic carbocycles. The van der Waals surface area contributed by atoms with Gasteiger partial charge in [-0.25, -0.2) is 14.6 Å². The highest BCUT2D eigenvalue weighted by molar-refractivity contribution is 5.59. The smallest absolute Gasteiger partial charge is 0.159 e. The number of piperazine rings is 1. The molecule has 3 aromatic rings. The summed E-state index contributed by atoms with van der Waals surface area (Å²) in [5.74, 6) is 2.66. The van der Waals surface area contributed by atoms with E-state index in [1.165, 1.54) is 0 Å². The highest BCUT2D eigenvalue weighted by Crippen LogP contribution is 2.29. The molecule has 0 radical (unpaired) electrons. The van der Waals surface area contributed by atoms with Gasteiger partial charge in [0, 0.05) is 37.9 Å². The molecule has 27 heavy (non-hydrogen) atoms. The van der Waals surface area contributed by atoms with Crippen LogP contribution in [0, 0.1) is 13.8 Å². The van der Waals surface area contributed by atoms with Crippen molar-refractivity contribution < 1.29 is 4.74 Å². The second kappa shape index (κ2) is 7.26. The SMILES string of the molecule is COc1ccccc1N1CCN(c2cc(-n3nc(C)cc3C)ncn2)CC1. The molecule has 0 amide bonds. The summed E-state index contributed by atoms with van der Waals surface area (Å²) in [6.07, 6.45) is 1.62. The first-order valence-electron chi connectivity index (χ1n) is 9.14. The van der Waals surface area contributed by atoms with Crippen LogP contribution in [0.5, 0.6) is 5.75 Å². The minimum atomic E-state index is 0.803. The monoisotopic (exact) mass is 364 g/mol. The van der Waals surface area contributed by atoms with Crippen LogP contribution in [0.4, 0.5) is 11.5 Å². The van der Waals surface area contributed by atoms with Crippen LogP contribution in [-0.2, 0) is 0 Å². The van der Waals surface area contributed by atoms with Gasteiger partial charge in [-0.3, -0.25) is 0 Å². The van der Waals surface area contributed by atoms with Gasteiger partial charge in [-0.2, -0.15) is 5.10 Å². The maximum Gasteiger partial charge on any atom is 0.159 e. The Bertz CT molecular complexity index is 930. The number of hydrogen-bond acceptors (Lipinski definition) is 6. The largest absolute Gasteiger partial charge is 0.495 e. The third-order valence-corrected chi connectivity index (χ3v) is 4.89. The van der Waals surface area contributed by atoms with Crippen molar-refractivity contribution in [1.82, 2.24) is 19.7 Å². The fourth-order valence-corrected chi connectivity index (χ4v) is 3.55. The summed E-state index contributed by atoms with van der Waals surface area (Å²) in [4.78, 5) is 13.5. The predicted molar refractivity (Wildman–Crippen MR) is 106 cm³/mol. The lowest BCUT2D eigenvalue weighted by atomic mass is 10.2. The minimum absolute atomic E-state index is 0.803. The number of rotatable bonds is 4. The molecule has 0 bridgehead atoms. The average Bonchev–Trinajstić information content (AvgIpc) is 3.06. The maximum atomic E-state index is 5.50. The highest BCUT2D eigenvalue weighted by Gasteiger charge is 2.21. The van der Waals surface area contributed by atoms with Gasteiger partial charge in [0.15, 0.2) is 5.82 Å². The highest BCUT2D eigenvalue weighted by atomic mass is 16.5. The molecule has 7 heteroatoms. The second-order valence-electron chi connectivity index (χ2n) is 6.72. The van der Waals surface area contributed by atoms with E-state index in [0.717, 1.165) is 60.6 Å². The number of ether oxygens (including phenoxy) is 1. The van der Waals surface area contributed by atoms with Gasteiger partial charge in [0.1, 0.15) is 17.9 Å². The van der Waals surface area contributed by atoms with Crippen molar-refractivity contribution in [1.29, 1.82) is 0 Å². The van der Waals surface area contributed by atoms with Crippen LogP contribution in [0.25, 0.3) is 5.82 Å². The second-order valence-corrected chi connectivity index (χ2v) is 6.72. The lowest BCUT2D eigenvalue weighted by Gasteiger charge is -2.37. The van der Waals surface area contributed by atoms with E-state index in [2.05, 4.69) is 37.0 Å². The zero-order valence-electron chi connectivity index (χ0n) is 16.0. The Balaban J connectivity index is 1.50. The summed E-state index contributed by atoms with van der Waals surface area (Å²) in [7, 11) is 1.72. The van der Waals surface area contributed by atoms with E-state index >= 15 is 0 Å². The lowest BCUT2D eigenvalue weighted by molar-refractivity contribution is 0.413. The number of methoxy groups -OCH3 is 1. The third kappa shape index (κ3) is 3.45. The van der Waals surface area contributed by atoms with Crippen molar-refractivity contribution in [2.45, 2.75) is 13.8 Å². The summed E-state index contributed by atoms with van der Waals surface area (Å²) in [5, 5.41) is 4.52. The zero-order valence-corrected chi connectivity index (χ0v) is 16.0. The van der Waals surface area contributed by atoms with Crippen molar-refractivity contribution in [2.24, 2.45) is 0 Å². The van der Waals surface area contributed by atoms with Crippen LogP contribution < -0.4 is 14.5 Å². The Kier molecular flexibility index (Phi) is 4.66. The number of para-hydroxylation sites is 2. The molecule has 1 aliphatic rings. The Labute approximate surface area is 159 Å². The fraction of sp³-hybridized carbons (Fsp3) is 0.350. The molecule has 0 atom stereocenters. The lowest BCUT2D eigenvalue weighted by Crippen LogP contribution is -2.47. The molecule has 0 N–H and O–H groups in total. The van der Waals surface area contributed by atoms with Crippen LogP contribution in [-0.4, -0.2) is 53.0 Å². The van der Waals surface area contributed by atoms with E-state index < -0.39 is 0 Å². The Morgan fingerprint density at radius 3 is 2.30 bits per heavy atom. The van der Waals surface area contributed by atoms with Gasteiger partial charge in [0.2, 0.25) is 0 Å². The van der Waals surface area contributed by atoms with Crippen molar-refractivity contribution in [3.63, 3.8) is 0 Å². The van der Waals surface area contributed by atoms with Crippen LogP contribution in [0.3, 0.4) is 0 Å². The third-order valence-electron chi connectivity index (χ3n) is 4.89. The first-order chi connectivity index (χ1) is 13.2. The molecular weight excluding hydrogens is 340 g/mol. The normalized spacial score (nSPS) is 14.5. The van der Waals surface area contributed by atoms with E-state index in [1.807, 2.05) is 42.8 Å². The number of anilines is 2. The predicted octanol–water partition coefficient (Wildman–Crippen LogP) is 2.61. The van der Waals surface area contributed by atoms with E-state index in [4.69, 9.17) is 4.74 Å².